The molecule has 12 rings (SSSR count). The molecule has 10 aromatic rings. The SMILES string of the molecule is C#Cc1ccccc1-n1c2cc(-c3ccccc3C3Nc4ccccc4N=C3c3ccccc3)ccc2c2c(C3(c4ccccc4)c4ccccc4-c4ccccc43)cccc21. The molecule has 9 aromatic carbocycles. The first-order valence-electron chi connectivity index (χ1n) is 21.2. The number of terminal acetylenes is 1. The van der Waals surface area contributed by atoms with Crippen LogP contribution in [0.4, 0.5) is 11.4 Å². The highest BCUT2D eigenvalue weighted by molar-refractivity contribution is 6.14. The minimum Gasteiger partial charge on any atom is -0.371 e. The molecule has 3 nitrogen and oxygen atoms in total. The molecular formula is C59H39N3. The third kappa shape index (κ3) is 5.24. The summed E-state index contributed by atoms with van der Waals surface area (Å²) in [5.74, 6) is 3.03. The van der Waals surface area contributed by atoms with Gasteiger partial charge in [0, 0.05) is 16.3 Å². The van der Waals surface area contributed by atoms with E-state index in [1.165, 1.54) is 38.8 Å². The van der Waals surface area contributed by atoms with E-state index in [0.29, 0.717) is 0 Å². The molecule has 0 spiro atoms. The van der Waals surface area contributed by atoms with Crippen LogP contribution in [0.5, 0.6) is 0 Å². The van der Waals surface area contributed by atoms with Crippen LogP contribution in [0.1, 0.15) is 45.0 Å². The van der Waals surface area contributed by atoms with E-state index in [1.54, 1.807) is 0 Å². The van der Waals surface area contributed by atoms with E-state index in [1.807, 2.05) is 18.2 Å². The van der Waals surface area contributed by atoms with E-state index in [2.05, 4.69) is 216 Å². The van der Waals surface area contributed by atoms with Gasteiger partial charge in [-0.1, -0.05) is 188 Å². The second-order valence-electron chi connectivity index (χ2n) is 16.2. The lowest BCUT2D eigenvalue weighted by Gasteiger charge is -2.34. The van der Waals surface area contributed by atoms with Crippen molar-refractivity contribution in [2.45, 2.75) is 11.5 Å². The van der Waals surface area contributed by atoms with Crippen molar-refractivity contribution >= 4 is 38.9 Å². The van der Waals surface area contributed by atoms with Crippen LogP contribution in [-0.2, 0) is 5.41 Å². The van der Waals surface area contributed by atoms with Gasteiger partial charge in [-0.25, -0.2) is 4.99 Å². The topological polar surface area (TPSA) is 29.3 Å². The van der Waals surface area contributed by atoms with Crippen LogP contribution in [0, 0.1) is 12.3 Å². The van der Waals surface area contributed by atoms with Crippen LogP contribution >= 0.6 is 0 Å². The maximum absolute atomic E-state index is 6.31. The molecule has 0 amide bonds. The van der Waals surface area contributed by atoms with Crippen LogP contribution < -0.4 is 5.32 Å². The number of hydrogen-bond acceptors (Lipinski definition) is 2. The summed E-state index contributed by atoms with van der Waals surface area (Å²) in [6.45, 7) is 0. The second-order valence-corrected chi connectivity index (χ2v) is 16.2. The van der Waals surface area contributed by atoms with Gasteiger partial charge >= 0.3 is 0 Å². The Morgan fingerprint density at radius 1 is 0.516 bits per heavy atom. The number of fused-ring (bicyclic) bond motifs is 7. The highest BCUT2D eigenvalue weighted by Crippen LogP contribution is 2.58. The molecule has 0 saturated heterocycles. The van der Waals surface area contributed by atoms with Gasteiger partial charge in [-0.15, -0.1) is 6.42 Å². The molecule has 1 aliphatic carbocycles. The molecule has 1 aliphatic heterocycles. The summed E-state index contributed by atoms with van der Waals surface area (Å²) in [6, 6.07) is 78.5. The van der Waals surface area contributed by atoms with Crippen molar-refractivity contribution in [1.82, 2.24) is 4.57 Å². The van der Waals surface area contributed by atoms with Gasteiger partial charge in [0.05, 0.1) is 45.3 Å². The molecule has 1 aromatic heterocycles. The Balaban J connectivity index is 1.15. The Morgan fingerprint density at radius 2 is 1.15 bits per heavy atom. The number of hydrogen-bond donors (Lipinski definition) is 1. The van der Waals surface area contributed by atoms with Crippen LogP contribution in [0.3, 0.4) is 0 Å². The summed E-state index contributed by atoms with van der Waals surface area (Å²) in [6.07, 6.45) is 6.31. The zero-order chi connectivity index (χ0) is 41.2. The van der Waals surface area contributed by atoms with E-state index in [0.717, 1.165) is 67.0 Å². The minimum absolute atomic E-state index is 0.188. The van der Waals surface area contributed by atoms with Crippen molar-refractivity contribution in [2.75, 3.05) is 5.32 Å². The number of para-hydroxylation sites is 3. The monoisotopic (exact) mass is 789 g/mol. The molecule has 1 unspecified atom stereocenters. The van der Waals surface area contributed by atoms with Crippen LogP contribution in [0.2, 0.25) is 0 Å². The average Bonchev–Trinajstić information content (AvgIpc) is 3.84. The lowest BCUT2D eigenvalue weighted by molar-refractivity contribution is 0.777. The number of nitrogens with one attached hydrogen (secondary N) is 1. The standard InChI is InChI=1S/C59H39N3/c1-2-39-20-9-18-34-53(39)62-54-35-19-31-50(59(42-23-7-4-8-24-42)48-29-14-12-26-44(48)45-27-13-15-30-49(45)59)56(54)47-37-36-41(38-55(47)62)43-25-10-11-28-46(43)58-57(40-21-5-3-6-22-40)60-51-32-16-17-33-52(51)61-58/h1,3-38,58,61H. The highest BCUT2D eigenvalue weighted by atomic mass is 15.0. The number of aliphatic imine (C=N–C) groups is 1. The Bertz CT molecular complexity index is 3410. The third-order valence-electron chi connectivity index (χ3n) is 13.0. The van der Waals surface area contributed by atoms with Gasteiger partial charge < -0.3 is 9.88 Å². The van der Waals surface area contributed by atoms with Gasteiger partial charge in [0.1, 0.15) is 0 Å². The molecule has 2 aliphatic rings. The Labute approximate surface area is 361 Å². The Hall–Kier alpha value is -8.19. The van der Waals surface area contributed by atoms with Crippen molar-refractivity contribution in [3.05, 3.63) is 257 Å². The largest absolute Gasteiger partial charge is 0.371 e. The molecule has 3 heteroatoms. The summed E-state index contributed by atoms with van der Waals surface area (Å²) in [4.78, 5) is 5.30. The highest BCUT2D eigenvalue weighted by Gasteiger charge is 2.47. The number of nitrogens with zero attached hydrogens (tertiary/aromatic N) is 2. The van der Waals surface area contributed by atoms with Crippen molar-refractivity contribution in [3.8, 4) is 40.3 Å². The summed E-state index contributed by atoms with van der Waals surface area (Å²) >= 11 is 0. The number of aromatic nitrogens is 1. The fraction of sp³-hybridized carbons (Fsp3) is 0.0339. The Morgan fingerprint density at radius 3 is 1.92 bits per heavy atom. The van der Waals surface area contributed by atoms with E-state index in [9.17, 15) is 0 Å². The molecular weight excluding hydrogens is 751 g/mol. The van der Waals surface area contributed by atoms with Crippen molar-refractivity contribution in [1.29, 1.82) is 0 Å². The molecule has 0 bridgehead atoms. The maximum atomic E-state index is 6.31. The minimum atomic E-state index is -0.583. The third-order valence-corrected chi connectivity index (χ3v) is 13.0. The van der Waals surface area contributed by atoms with Crippen LogP contribution in [0.25, 0.3) is 49.7 Å². The molecule has 2 heterocycles. The van der Waals surface area contributed by atoms with Gasteiger partial charge in [-0.2, -0.15) is 0 Å². The first-order valence-corrected chi connectivity index (χ1v) is 21.2. The van der Waals surface area contributed by atoms with Crippen molar-refractivity contribution in [3.63, 3.8) is 0 Å². The number of anilines is 1. The first-order chi connectivity index (χ1) is 30.7. The summed E-state index contributed by atoms with van der Waals surface area (Å²) < 4.78 is 2.40. The van der Waals surface area contributed by atoms with E-state index >= 15 is 0 Å². The van der Waals surface area contributed by atoms with E-state index < -0.39 is 5.41 Å². The fourth-order valence-corrected chi connectivity index (χ4v) is 10.5. The van der Waals surface area contributed by atoms with E-state index in [4.69, 9.17) is 11.4 Å². The predicted molar refractivity (Wildman–Crippen MR) is 257 cm³/mol. The second kappa shape index (κ2) is 14.2. The smallest absolute Gasteiger partial charge is 0.0953 e. The zero-order valence-electron chi connectivity index (χ0n) is 33.8. The number of rotatable bonds is 6. The lowest BCUT2D eigenvalue weighted by atomic mass is 9.66. The average molecular weight is 790 g/mol. The van der Waals surface area contributed by atoms with Gasteiger partial charge in [-0.05, 0) is 92.0 Å². The molecule has 290 valence electrons. The van der Waals surface area contributed by atoms with Crippen LogP contribution in [-0.4, -0.2) is 10.3 Å². The maximum Gasteiger partial charge on any atom is 0.0953 e. The first kappa shape index (κ1) is 35.7. The molecule has 62 heavy (non-hydrogen) atoms. The zero-order valence-corrected chi connectivity index (χ0v) is 33.8. The quantitative estimate of drug-likeness (QED) is 0.167. The van der Waals surface area contributed by atoms with E-state index in [-0.39, 0.29) is 6.04 Å². The normalized spacial score (nSPS) is 14.6. The summed E-state index contributed by atoms with van der Waals surface area (Å²) in [5.41, 5.74) is 18.4. The van der Waals surface area contributed by atoms with Gasteiger partial charge in [-0.3, -0.25) is 0 Å². The number of benzene rings is 9. The van der Waals surface area contributed by atoms with Gasteiger partial charge in [0.2, 0.25) is 0 Å². The van der Waals surface area contributed by atoms with Crippen molar-refractivity contribution < 1.29 is 0 Å². The van der Waals surface area contributed by atoms with Gasteiger partial charge in [0.15, 0.2) is 0 Å². The molecule has 1 atom stereocenters. The lowest BCUT2D eigenvalue weighted by Crippen LogP contribution is -2.28. The fourth-order valence-electron chi connectivity index (χ4n) is 10.5. The van der Waals surface area contributed by atoms with Gasteiger partial charge in [0.25, 0.3) is 0 Å². The van der Waals surface area contributed by atoms with Crippen molar-refractivity contribution in [2.24, 2.45) is 4.99 Å². The summed E-state index contributed by atoms with van der Waals surface area (Å²) in [7, 11) is 0. The molecule has 0 radical (unpaired) electrons. The molecule has 0 saturated carbocycles. The predicted octanol–water partition coefficient (Wildman–Crippen LogP) is 14.1. The Kier molecular flexibility index (Phi) is 8.20. The summed E-state index contributed by atoms with van der Waals surface area (Å²) in [5, 5.41) is 6.27. The van der Waals surface area contributed by atoms with Crippen LogP contribution in [0.15, 0.2) is 223 Å². The molecule has 1 N–H and O–H groups in total. The molecule has 0 fully saturated rings.